The fourth-order valence-corrected chi connectivity index (χ4v) is 1.19. The van der Waals surface area contributed by atoms with E-state index in [2.05, 4.69) is 20.6 Å². The van der Waals surface area contributed by atoms with Gasteiger partial charge in [0.2, 0.25) is 11.7 Å². The van der Waals surface area contributed by atoms with Crippen LogP contribution in [0.4, 0.5) is 11.6 Å². The molecule has 7 nitrogen and oxygen atoms in total. The Morgan fingerprint density at radius 1 is 1.41 bits per heavy atom. The van der Waals surface area contributed by atoms with Crippen molar-refractivity contribution in [2.45, 2.75) is 0 Å². The van der Waals surface area contributed by atoms with Gasteiger partial charge in [-0.15, -0.1) is 0 Å². The monoisotopic (exact) mass is 239 g/mol. The van der Waals surface area contributed by atoms with E-state index in [9.17, 15) is 4.79 Å². The minimum Gasteiger partial charge on any atom is -0.490 e. The molecule has 0 bridgehead atoms. The van der Waals surface area contributed by atoms with Gasteiger partial charge in [0, 0.05) is 21.1 Å². The lowest BCUT2D eigenvalue weighted by atomic mass is 10.4. The molecular formula is C10H17N5O2. The average Bonchev–Trinajstić information content (AvgIpc) is 2.34. The second-order valence-corrected chi connectivity index (χ2v) is 3.50. The van der Waals surface area contributed by atoms with Gasteiger partial charge in [0.25, 0.3) is 0 Å². The SMILES string of the molecule is CNc1ncnc(NCC(=O)N(C)C)c1OC. The van der Waals surface area contributed by atoms with Crippen molar-refractivity contribution in [3.05, 3.63) is 6.33 Å². The number of aromatic nitrogens is 2. The number of nitrogens with zero attached hydrogens (tertiary/aromatic N) is 3. The molecule has 0 aliphatic heterocycles. The van der Waals surface area contributed by atoms with Gasteiger partial charge in [0.1, 0.15) is 6.33 Å². The van der Waals surface area contributed by atoms with E-state index in [0.29, 0.717) is 17.4 Å². The summed E-state index contributed by atoms with van der Waals surface area (Å²) in [5.74, 6) is 1.50. The van der Waals surface area contributed by atoms with Crippen LogP contribution in [0.5, 0.6) is 5.75 Å². The standard InChI is InChI=1S/C10H17N5O2/c1-11-9-8(17-4)10(14-6-13-9)12-5-7(16)15(2)3/h6H,5H2,1-4H3,(H2,11,12,13,14). The number of hydrogen-bond acceptors (Lipinski definition) is 6. The number of ether oxygens (including phenoxy) is 1. The smallest absolute Gasteiger partial charge is 0.241 e. The van der Waals surface area contributed by atoms with Gasteiger partial charge in [-0.2, -0.15) is 0 Å². The molecule has 0 atom stereocenters. The molecule has 0 aromatic carbocycles. The highest BCUT2D eigenvalue weighted by molar-refractivity contribution is 5.81. The van der Waals surface area contributed by atoms with E-state index in [1.165, 1.54) is 18.3 Å². The maximum atomic E-state index is 11.4. The molecule has 0 aliphatic carbocycles. The predicted octanol–water partition coefficient (Wildman–Crippen LogP) is 0.0270. The van der Waals surface area contributed by atoms with Crippen molar-refractivity contribution in [3.63, 3.8) is 0 Å². The predicted molar refractivity (Wildman–Crippen MR) is 65.3 cm³/mol. The lowest BCUT2D eigenvalue weighted by Crippen LogP contribution is -2.29. The molecule has 0 radical (unpaired) electrons. The van der Waals surface area contributed by atoms with Crippen molar-refractivity contribution in [1.82, 2.24) is 14.9 Å². The van der Waals surface area contributed by atoms with Gasteiger partial charge in [-0.3, -0.25) is 4.79 Å². The number of likely N-dealkylation sites (N-methyl/N-ethyl adjacent to an activating group) is 1. The lowest BCUT2D eigenvalue weighted by molar-refractivity contribution is -0.126. The number of carbonyl (C=O) groups excluding carboxylic acids is 1. The number of nitrogens with one attached hydrogen (secondary N) is 2. The summed E-state index contributed by atoms with van der Waals surface area (Å²) in [4.78, 5) is 21.0. The van der Waals surface area contributed by atoms with Crippen molar-refractivity contribution in [2.75, 3.05) is 45.4 Å². The Morgan fingerprint density at radius 3 is 2.59 bits per heavy atom. The number of rotatable bonds is 5. The first kappa shape index (κ1) is 13.0. The van der Waals surface area contributed by atoms with Gasteiger partial charge in [0.15, 0.2) is 11.6 Å². The van der Waals surface area contributed by atoms with Crippen LogP contribution in [-0.2, 0) is 4.79 Å². The first-order valence-electron chi connectivity index (χ1n) is 5.11. The Morgan fingerprint density at radius 2 is 2.06 bits per heavy atom. The van der Waals surface area contributed by atoms with Crippen LogP contribution in [-0.4, -0.2) is 55.6 Å². The van der Waals surface area contributed by atoms with Crippen LogP contribution in [0.25, 0.3) is 0 Å². The van der Waals surface area contributed by atoms with E-state index in [1.54, 1.807) is 21.1 Å². The van der Waals surface area contributed by atoms with Crippen molar-refractivity contribution in [2.24, 2.45) is 0 Å². The normalized spacial score (nSPS) is 9.65. The van der Waals surface area contributed by atoms with E-state index in [0.717, 1.165) is 0 Å². The Balaban J connectivity index is 2.80. The second kappa shape index (κ2) is 5.88. The van der Waals surface area contributed by atoms with E-state index in [-0.39, 0.29) is 12.5 Å². The number of anilines is 2. The second-order valence-electron chi connectivity index (χ2n) is 3.50. The minimum absolute atomic E-state index is 0.0447. The first-order valence-corrected chi connectivity index (χ1v) is 5.11. The molecule has 2 N–H and O–H groups in total. The summed E-state index contributed by atoms with van der Waals surface area (Å²) in [6, 6.07) is 0. The summed E-state index contributed by atoms with van der Waals surface area (Å²) in [6.45, 7) is 0.156. The van der Waals surface area contributed by atoms with Crippen molar-refractivity contribution < 1.29 is 9.53 Å². The third-order valence-electron chi connectivity index (χ3n) is 2.15. The zero-order valence-corrected chi connectivity index (χ0v) is 10.4. The van der Waals surface area contributed by atoms with Crippen molar-refractivity contribution >= 4 is 17.5 Å². The molecule has 1 heterocycles. The highest BCUT2D eigenvalue weighted by Gasteiger charge is 2.12. The molecule has 0 spiro atoms. The van der Waals surface area contributed by atoms with E-state index < -0.39 is 0 Å². The lowest BCUT2D eigenvalue weighted by Gasteiger charge is -2.14. The minimum atomic E-state index is -0.0447. The highest BCUT2D eigenvalue weighted by Crippen LogP contribution is 2.27. The molecule has 0 fully saturated rings. The van der Waals surface area contributed by atoms with Crippen LogP contribution in [0.3, 0.4) is 0 Å². The number of hydrogen-bond donors (Lipinski definition) is 2. The summed E-state index contributed by atoms with van der Waals surface area (Å²) in [6.07, 6.45) is 1.40. The quantitative estimate of drug-likeness (QED) is 0.754. The summed E-state index contributed by atoms with van der Waals surface area (Å²) in [5.41, 5.74) is 0. The molecule has 0 saturated carbocycles. The van der Waals surface area contributed by atoms with E-state index >= 15 is 0 Å². The van der Waals surface area contributed by atoms with Crippen molar-refractivity contribution in [1.29, 1.82) is 0 Å². The van der Waals surface area contributed by atoms with Crippen LogP contribution in [0.2, 0.25) is 0 Å². The maximum Gasteiger partial charge on any atom is 0.241 e. The molecule has 1 rings (SSSR count). The van der Waals surface area contributed by atoms with Crippen LogP contribution in [0.1, 0.15) is 0 Å². The molecule has 7 heteroatoms. The molecule has 0 unspecified atom stereocenters. The Labute approximate surface area is 100 Å². The van der Waals surface area contributed by atoms with Crippen LogP contribution < -0.4 is 15.4 Å². The third-order valence-corrected chi connectivity index (χ3v) is 2.15. The molecule has 17 heavy (non-hydrogen) atoms. The van der Waals surface area contributed by atoms with Gasteiger partial charge < -0.3 is 20.3 Å². The van der Waals surface area contributed by atoms with Crippen LogP contribution in [0, 0.1) is 0 Å². The van der Waals surface area contributed by atoms with Crippen LogP contribution >= 0.6 is 0 Å². The number of amides is 1. The summed E-state index contributed by atoms with van der Waals surface area (Å²) >= 11 is 0. The Kier molecular flexibility index (Phi) is 4.50. The molecule has 0 aliphatic rings. The zero-order chi connectivity index (χ0) is 12.8. The summed E-state index contributed by atoms with van der Waals surface area (Å²) < 4.78 is 5.19. The molecule has 1 aromatic rings. The summed E-state index contributed by atoms with van der Waals surface area (Å²) in [5, 5.41) is 5.80. The van der Waals surface area contributed by atoms with Gasteiger partial charge in [0.05, 0.1) is 13.7 Å². The van der Waals surface area contributed by atoms with Gasteiger partial charge in [-0.25, -0.2) is 9.97 Å². The number of carbonyl (C=O) groups is 1. The number of methoxy groups -OCH3 is 1. The van der Waals surface area contributed by atoms with Crippen molar-refractivity contribution in [3.8, 4) is 5.75 Å². The van der Waals surface area contributed by atoms with E-state index in [4.69, 9.17) is 4.74 Å². The first-order chi connectivity index (χ1) is 8.10. The van der Waals surface area contributed by atoms with Gasteiger partial charge >= 0.3 is 0 Å². The maximum absolute atomic E-state index is 11.4. The topological polar surface area (TPSA) is 79.4 Å². The highest BCUT2D eigenvalue weighted by atomic mass is 16.5. The Bertz CT molecular complexity index is 394. The summed E-state index contributed by atoms with van der Waals surface area (Å²) in [7, 11) is 6.65. The molecule has 1 aromatic heterocycles. The van der Waals surface area contributed by atoms with Crippen LogP contribution in [0.15, 0.2) is 6.33 Å². The third kappa shape index (κ3) is 3.20. The molecule has 94 valence electrons. The molecular weight excluding hydrogens is 222 g/mol. The molecule has 1 amide bonds. The fourth-order valence-electron chi connectivity index (χ4n) is 1.19. The van der Waals surface area contributed by atoms with Gasteiger partial charge in [-0.05, 0) is 0 Å². The zero-order valence-electron chi connectivity index (χ0n) is 10.4. The average molecular weight is 239 g/mol. The Hall–Kier alpha value is -2.05. The van der Waals surface area contributed by atoms with E-state index in [1.807, 2.05) is 0 Å². The largest absolute Gasteiger partial charge is 0.490 e. The van der Waals surface area contributed by atoms with Gasteiger partial charge in [-0.1, -0.05) is 0 Å². The molecule has 0 saturated heterocycles. The fraction of sp³-hybridized carbons (Fsp3) is 0.500.